The zero-order chi connectivity index (χ0) is 21.8. The molecule has 0 bridgehead atoms. The van der Waals surface area contributed by atoms with Gasteiger partial charge in [0.1, 0.15) is 0 Å². The molecule has 2 aromatic carbocycles. The SMILES string of the molecule is CC1=NN(c2ccccc2)C(=O)\C1=C/C=C/C=C/c1c(C)[nH]n(-c2ccccc2)c1=O. The fourth-order valence-electron chi connectivity index (χ4n) is 3.34. The number of anilines is 1. The molecule has 1 amide bonds. The predicted molar refractivity (Wildman–Crippen MR) is 124 cm³/mol. The number of hydrogen-bond acceptors (Lipinski definition) is 3. The van der Waals surface area contributed by atoms with Gasteiger partial charge in [0, 0.05) is 5.69 Å². The number of allylic oxidation sites excluding steroid dienone is 4. The van der Waals surface area contributed by atoms with Crippen LogP contribution in [0.15, 0.2) is 100 Å². The first-order chi connectivity index (χ1) is 15.1. The van der Waals surface area contributed by atoms with Crippen LogP contribution in [0, 0.1) is 6.92 Å². The van der Waals surface area contributed by atoms with E-state index in [4.69, 9.17) is 0 Å². The van der Waals surface area contributed by atoms with Crippen LogP contribution in [-0.2, 0) is 4.79 Å². The number of nitrogens with zero attached hydrogens (tertiary/aromatic N) is 3. The fraction of sp³-hybridized carbons (Fsp3) is 0.0800. The molecule has 0 aliphatic carbocycles. The van der Waals surface area contributed by atoms with Gasteiger partial charge in [-0.3, -0.25) is 14.7 Å². The maximum Gasteiger partial charge on any atom is 0.280 e. The molecule has 0 saturated heterocycles. The van der Waals surface area contributed by atoms with Crippen molar-refractivity contribution in [2.45, 2.75) is 13.8 Å². The van der Waals surface area contributed by atoms with Crippen LogP contribution < -0.4 is 10.6 Å². The summed E-state index contributed by atoms with van der Waals surface area (Å²) in [4.78, 5) is 25.4. The molecule has 0 fully saturated rings. The number of aromatic nitrogens is 2. The lowest BCUT2D eigenvalue weighted by Gasteiger charge is -2.10. The second-order valence-corrected chi connectivity index (χ2v) is 7.09. The van der Waals surface area contributed by atoms with E-state index in [-0.39, 0.29) is 11.5 Å². The summed E-state index contributed by atoms with van der Waals surface area (Å²) in [6.07, 6.45) is 8.84. The molecule has 154 valence electrons. The van der Waals surface area contributed by atoms with Gasteiger partial charge in [0.15, 0.2) is 0 Å². The van der Waals surface area contributed by atoms with Crippen LogP contribution in [0.4, 0.5) is 5.69 Å². The van der Waals surface area contributed by atoms with Crippen molar-refractivity contribution in [1.29, 1.82) is 0 Å². The number of hydrogen-bond donors (Lipinski definition) is 1. The molecule has 2 heterocycles. The number of para-hydroxylation sites is 2. The Kier molecular flexibility index (Phi) is 5.62. The monoisotopic (exact) mass is 410 g/mol. The number of nitrogens with one attached hydrogen (secondary N) is 1. The van der Waals surface area contributed by atoms with Gasteiger partial charge < -0.3 is 0 Å². The Hall–Kier alpha value is -4.19. The van der Waals surface area contributed by atoms with Crippen LogP contribution in [-0.4, -0.2) is 21.4 Å². The Morgan fingerprint density at radius 2 is 1.48 bits per heavy atom. The molecule has 1 aliphatic rings. The molecule has 6 heteroatoms. The topological polar surface area (TPSA) is 70.5 Å². The van der Waals surface area contributed by atoms with Gasteiger partial charge in [0.25, 0.3) is 11.5 Å². The molecular formula is C25H22N4O2. The molecule has 0 radical (unpaired) electrons. The second-order valence-electron chi connectivity index (χ2n) is 7.09. The number of rotatable bonds is 5. The lowest BCUT2D eigenvalue weighted by Crippen LogP contribution is -2.21. The van der Waals surface area contributed by atoms with Gasteiger partial charge in [-0.1, -0.05) is 54.6 Å². The Bertz CT molecular complexity index is 1280. The average molecular weight is 410 g/mol. The molecule has 1 aliphatic heterocycles. The molecule has 31 heavy (non-hydrogen) atoms. The molecule has 0 unspecified atom stereocenters. The molecule has 3 aromatic rings. The molecule has 0 spiro atoms. The zero-order valence-corrected chi connectivity index (χ0v) is 17.3. The summed E-state index contributed by atoms with van der Waals surface area (Å²) in [7, 11) is 0. The Morgan fingerprint density at radius 3 is 2.16 bits per heavy atom. The number of aryl methyl sites for hydroxylation is 1. The number of H-pyrrole nitrogens is 1. The van der Waals surface area contributed by atoms with E-state index >= 15 is 0 Å². The van der Waals surface area contributed by atoms with E-state index in [0.717, 1.165) is 17.1 Å². The summed E-state index contributed by atoms with van der Waals surface area (Å²) in [6.45, 7) is 3.67. The van der Waals surface area contributed by atoms with Crippen molar-refractivity contribution in [3.63, 3.8) is 0 Å². The van der Waals surface area contributed by atoms with Gasteiger partial charge in [-0.05, 0) is 50.3 Å². The fourth-order valence-corrected chi connectivity index (χ4v) is 3.34. The van der Waals surface area contributed by atoms with Crippen molar-refractivity contribution in [3.8, 4) is 5.69 Å². The van der Waals surface area contributed by atoms with Gasteiger partial charge in [-0.2, -0.15) is 10.1 Å². The first-order valence-corrected chi connectivity index (χ1v) is 9.93. The average Bonchev–Trinajstić information content (AvgIpc) is 3.24. The van der Waals surface area contributed by atoms with E-state index in [2.05, 4.69) is 10.2 Å². The van der Waals surface area contributed by atoms with E-state index in [1.165, 1.54) is 9.69 Å². The van der Waals surface area contributed by atoms with Gasteiger partial charge in [-0.15, -0.1) is 0 Å². The molecule has 1 N–H and O–H groups in total. The molecular weight excluding hydrogens is 388 g/mol. The molecule has 0 saturated carbocycles. The van der Waals surface area contributed by atoms with Crippen molar-refractivity contribution in [3.05, 3.63) is 112 Å². The third-order valence-corrected chi connectivity index (χ3v) is 4.94. The Labute approximate surface area is 180 Å². The lowest BCUT2D eigenvalue weighted by molar-refractivity contribution is -0.114. The van der Waals surface area contributed by atoms with Crippen LogP contribution in [0.5, 0.6) is 0 Å². The normalized spacial score (nSPS) is 15.5. The van der Waals surface area contributed by atoms with E-state index < -0.39 is 0 Å². The van der Waals surface area contributed by atoms with Gasteiger partial charge in [-0.25, -0.2) is 4.68 Å². The van der Waals surface area contributed by atoms with Crippen LogP contribution in [0.2, 0.25) is 0 Å². The van der Waals surface area contributed by atoms with Crippen LogP contribution in [0.3, 0.4) is 0 Å². The van der Waals surface area contributed by atoms with Gasteiger partial charge in [0.2, 0.25) is 0 Å². The Morgan fingerprint density at radius 1 is 0.839 bits per heavy atom. The summed E-state index contributed by atoms with van der Waals surface area (Å²) >= 11 is 0. The summed E-state index contributed by atoms with van der Waals surface area (Å²) in [5.41, 5.74) is 3.98. The second kappa shape index (κ2) is 8.67. The van der Waals surface area contributed by atoms with Crippen molar-refractivity contribution < 1.29 is 4.79 Å². The Balaban J connectivity index is 1.49. The van der Waals surface area contributed by atoms with E-state index in [0.29, 0.717) is 16.8 Å². The number of aromatic amines is 1. The molecule has 6 nitrogen and oxygen atoms in total. The third kappa shape index (κ3) is 4.09. The maximum absolute atomic E-state index is 12.7. The molecule has 0 atom stereocenters. The number of carbonyl (C=O) groups is 1. The highest BCUT2D eigenvalue weighted by Gasteiger charge is 2.27. The number of hydrazone groups is 1. The van der Waals surface area contributed by atoms with Crippen LogP contribution in [0.25, 0.3) is 11.8 Å². The van der Waals surface area contributed by atoms with E-state index in [1.54, 1.807) is 30.4 Å². The molecule has 4 rings (SSSR count). The smallest absolute Gasteiger partial charge is 0.280 e. The van der Waals surface area contributed by atoms with Crippen molar-refractivity contribution >= 4 is 23.4 Å². The minimum absolute atomic E-state index is 0.112. The van der Waals surface area contributed by atoms with E-state index in [9.17, 15) is 9.59 Å². The summed E-state index contributed by atoms with van der Waals surface area (Å²) < 4.78 is 1.52. The first kappa shape index (κ1) is 20.1. The largest absolute Gasteiger partial charge is 0.295 e. The minimum Gasteiger partial charge on any atom is -0.295 e. The van der Waals surface area contributed by atoms with Crippen molar-refractivity contribution in [2.75, 3.05) is 5.01 Å². The van der Waals surface area contributed by atoms with Crippen molar-refractivity contribution in [2.24, 2.45) is 5.10 Å². The first-order valence-electron chi connectivity index (χ1n) is 9.93. The van der Waals surface area contributed by atoms with Crippen LogP contribution >= 0.6 is 0 Å². The highest BCUT2D eigenvalue weighted by atomic mass is 16.2. The highest BCUT2D eigenvalue weighted by Crippen LogP contribution is 2.23. The summed E-state index contributed by atoms with van der Waals surface area (Å²) in [6, 6.07) is 18.8. The molecule has 1 aromatic heterocycles. The number of benzene rings is 2. The highest BCUT2D eigenvalue weighted by molar-refractivity contribution is 6.29. The summed E-state index contributed by atoms with van der Waals surface area (Å²) in [5, 5.41) is 8.86. The predicted octanol–water partition coefficient (Wildman–Crippen LogP) is 4.39. The maximum atomic E-state index is 12.7. The zero-order valence-electron chi connectivity index (χ0n) is 17.3. The van der Waals surface area contributed by atoms with Gasteiger partial charge >= 0.3 is 0 Å². The number of carbonyl (C=O) groups excluding carboxylic acids is 1. The van der Waals surface area contributed by atoms with E-state index in [1.807, 2.05) is 74.5 Å². The third-order valence-electron chi connectivity index (χ3n) is 4.94. The lowest BCUT2D eigenvalue weighted by atomic mass is 10.1. The van der Waals surface area contributed by atoms with Crippen molar-refractivity contribution in [1.82, 2.24) is 9.78 Å². The van der Waals surface area contributed by atoms with Gasteiger partial charge in [0.05, 0.1) is 28.2 Å². The quantitative estimate of drug-likeness (QED) is 0.500. The summed E-state index contributed by atoms with van der Waals surface area (Å²) in [5.74, 6) is -0.162. The standard InChI is InChI=1S/C25H22N4O2/c1-18-22(24(30)28(26-18)20-12-6-3-7-13-20)16-10-5-11-17-23-19(2)27-29(25(23)31)21-14-8-4-9-15-21/h3-17,26H,1-2H3/b11-5+,16-10+,23-17-. The number of amides is 1. The minimum atomic E-state index is -0.162. The van der Waals surface area contributed by atoms with Crippen LogP contribution in [0.1, 0.15) is 18.2 Å².